The number of ether oxygens (including phenoxy) is 1. The van der Waals surface area contributed by atoms with Gasteiger partial charge in [-0.25, -0.2) is 0 Å². The van der Waals surface area contributed by atoms with Gasteiger partial charge in [0.05, 0.1) is 12.9 Å². The van der Waals surface area contributed by atoms with Crippen LogP contribution in [0.2, 0.25) is 0 Å². The second-order valence-electron chi connectivity index (χ2n) is 4.42. The van der Waals surface area contributed by atoms with Crippen molar-refractivity contribution in [1.82, 2.24) is 5.32 Å². The summed E-state index contributed by atoms with van der Waals surface area (Å²) in [6.07, 6.45) is 3.38. The molecule has 0 unspecified atom stereocenters. The molecule has 102 valence electrons. The third-order valence-electron chi connectivity index (χ3n) is 3.14. The number of nitrogens with one attached hydrogen (secondary N) is 1. The maximum atomic E-state index is 5.87. The number of para-hydroxylation sites is 1. The molecule has 0 saturated heterocycles. The zero-order valence-corrected chi connectivity index (χ0v) is 11.4. The van der Waals surface area contributed by atoms with Gasteiger partial charge in [0.1, 0.15) is 11.3 Å². The fraction of sp³-hybridized carbons (Fsp3) is 0.375. The van der Waals surface area contributed by atoms with E-state index in [9.17, 15) is 0 Å². The van der Waals surface area contributed by atoms with Crippen molar-refractivity contribution in [3.63, 3.8) is 0 Å². The van der Waals surface area contributed by atoms with E-state index in [1.165, 1.54) is 17.2 Å². The van der Waals surface area contributed by atoms with Crippen LogP contribution in [-0.4, -0.2) is 13.2 Å². The minimum absolute atomic E-state index is 0.712. The maximum absolute atomic E-state index is 5.87. The fourth-order valence-electron chi connectivity index (χ4n) is 2.21. The summed E-state index contributed by atoms with van der Waals surface area (Å²) in [6, 6.07) is 8.21. The zero-order chi connectivity index (χ0) is 13.5. The highest BCUT2D eigenvalue weighted by molar-refractivity contribution is 5.82. The number of rotatable bonds is 8. The van der Waals surface area contributed by atoms with Crippen molar-refractivity contribution in [3.8, 4) is 0 Å². The summed E-state index contributed by atoms with van der Waals surface area (Å²) in [5.41, 5.74) is 2.26. The number of hydrogen-bond donors (Lipinski definition) is 1. The third-order valence-corrected chi connectivity index (χ3v) is 3.14. The molecule has 0 aliphatic rings. The number of hydrogen-bond acceptors (Lipinski definition) is 3. The molecule has 3 nitrogen and oxygen atoms in total. The summed E-state index contributed by atoms with van der Waals surface area (Å²) in [5.74, 6) is 1.08. The van der Waals surface area contributed by atoms with Crippen LogP contribution in [-0.2, 0) is 17.7 Å². The van der Waals surface area contributed by atoms with Crippen molar-refractivity contribution in [3.05, 3.63) is 48.4 Å². The van der Waals surface area contributed by atoms with E-state index in [0.29, 0.717) is 6.61 Å². The molecule has 0 fully saturated rings. The highest BCUT2D eigenvalue weighted by Crippen LogP contribution is 2.26. The first-order valence-corrected chi connectivity index (χ1v) is 6.79. The Kier molecular flexibility index (Phi) is 5.04. The van der Waals surface area contributed by atoms with Crippen LogP contribution in [0, 0.1) is 0 Å². The first-order chi connectivity index (χ1) is 9.36. The minimum Gasteiger partial charge on any atom is -0.502 e. The highest BCUT2D eigenvalue weighted by atomic mass is 16.5. The van der Waals surface area contributed by atoms with Crippen molar-refractivity contribution in [1.29, 1.82) is 0 Å². The lowest BCUT2D eigenvalue weighted by molar-refractivity contribution is 0.244. The number of fused-ring (bicyclic) bond motifs is 1. The molecule has 3 heteroatoms. The third kappa shape index (κ3) is 3.38. The Hall–Kier alpha value is -1.74. The smallest absolute Gasteiger partial charge is 0.134 e. The van der Waals surface area contributed by atoms with Crippen LogP contribution in [0.25, 0.3) is 11.0 Å². The molecule has 0 bridgehead atoms. The van der Waals surface area contributed by atoms with Crippen LogP contribution in [0.4, 0.5) is 0 Å². The molecule has 0 spiro atoms. The van der Waals surface area contributed by atoms with E-state index >= 15 is 0 Å². The van der Waals surface area contributed by atoms with Crippen LogP contribution in [0.5, 0.6) is 0 Å². The number of aryl methyl sites for hydroxylation is 1. The summed E-state index contributed by atoms with van der Waals surface area (Å²) >= 11 is 0. The molecule has 0 amide bonds. The first kappa shape index (κ1) is 13.7. The SMILES string of the molecule is C=COCCCNCc1c(CC)oc2ccccc12. The lowest BCUT2D eigenvalue weighted by Gasteiger charge is -2.05. The first-order valence-electron chi connectivity index (χ1n) is 6.79. The van der Waals surface area contributed by atoms with Gasteiger partial charge in [0.15, 0.2) is 0 Å². The van der Waals surface area contributed by atoms with Gasteiger partial charge >= 0.3 is 0 Å². The van der Waals surface area contributed by atoms with Crippen molar-refractivity contribution >= 4 is 11.0 Å². The molecular formula is C16H21NO2. The lowest BCUT2D eigenvalue weighted by Crippen LogP contribution is -2.16. The fourth-order valence-corrected chi connectivity index (χ4v) is 2.21. The molecule has 0 aliphatic heterocycles. The largest absolute Gasteiger partial charge is 0.502 e. The second-order valence-corrected chi connectivity index (χ2v) is 4.42. The summed E-state index contributed by atoms with van der Waals surface area (Å²) in [6.45, 7) is 8.13. The molecule has 1 aromatic carbocycles. The van der Waals surface area contributed by atoms with Gasteiger partial charge in [-0.2, -0.15) is 0 Å². The molecule has 1 aromatic heterocycles. The van der Waals surface area contributed by atoms with Gasteiger partial charge in [0.25, 0.3) is 0 Å². The predicted octanol–water partition coefficient (Wildman–Crippen LogP) is 3.64. The molecule has 0 aliphatic carbocycles. The Morgan fingerprint density at radius 3 is 3.00 bits per heavy atom. The summed E-state index contributed by atoms with van der Waals surface area (Å²) in [5, 5.41) is 4.66. The van der Waals surface area contributed by atoms with Crippen LogP contribution < -0.4 is 5.32 Å². The van der Waals surface area contributed by atoms with Gasteiger partial charge in [-0.3, -0.25) is 0 Å². The van der Waals surface area contributed by atoms with Gasteiger partial charge in [-0.1, -0.05) is 31.7 Å². The van der Waals surface area contributed by atoms with Crippen molar-refractivity contribution in [2.75, 3.05) is 13.2 Å². The number of benzene rings is 1. The topological polar surface area (TPSA) is 34.4 Å². The van der Waals surface area contributed by atoms with Crippen molar-refractivity contribution in [2.45, 2.75) is 26.3 Å². The number of furan rings is 1. The van der Waals surface area contributed by atoms with Crippen LogP contribution in [0.3, 0.4) is 0 Å². The molecule has 0 atom stereocenters. The molecule has 1 heterocycles. The normalized spacial score (nSPS) is 10.8. The van der Waals surface area contributed by atoms with E-state index in [0.717, 1.165) is 37.3 Å². The molecular weight excluding hydrogens is 238 g/mol. The quantitative estimate of drug-likeness (QED) is 0.580. The molecule has 19 heavy (non-hydrogen) atoms. The molecule has 0 saturated carbocycles. The van der Waals surface area contributed by atoms with E-state index in [4.69, 9.17) is 9.15 Å². The minimum atomic E-state index is 0.712. The van der Waals surface area contributed by atoms with E-state index in [-0.39, 0.29) is 0 Å². The maximum Gasteiger partial charge on any atom is 0.134 e. The van der Waals surface area contributed by atoms with Gasteiger partial charge < -0.3 is 14.5 Å². The van der Waals surface area contributed by atoms with E-state index in [2.05, 4.69) is 31.0 Å². The van der Waals surface area contributed by atoms with Gasteiger partial charge in [-0.05, 0) is 19.0 Å². The predicted molar refractivity (Wildman–Crippen MR) is 78.1 cm³/mol. The average Bonchev–Trinajstić information content (AvgIpc) is 2.81. The monoisotopic (exact) mass is 259 g/mol. The molecule has 1 N–H and O–H groups in total. The lowest BCUT2D eigenvalue weighted by atomic mass is 10.1. The standard InChI is InChI=1S/C16H21NO2/c1-3-15-14(12-17-10-7-11-18-4-2)13-8-5-6-9-16(13)19-15/h4-6,8-9,17H,2-3,7,10-12H2,1H3. The van der Waals surface area contributed by atoms with Crippen molar-refractivity contribution in [2.24, 2.45) is 0 Å². The van der Waals surface area contributed by atoms with Gasteiger partial charge in [-0.15, -0.1) is 0 Å². The van der Waals surface area contributed by atoms with E-state index < -0.39 is 0 Å². The van der Waals surface area contributed by atoms with Gasteiger partial charge in [0, 0.05) is 23.9 Å². The van der Waals surface area contributed by atoms with Crippen LogP contribution in [0.1, 0.15) is 24.7 Å². The zero-order valence-electron chi connectivity index (χ0n) is 11.4. The Bertz CT molecular complexity index is 531. The average molecular weight is 259 g/mol. The van der Waals surface area contributed by atoms with E-state index in [1.54, 1.807) is 0 Å². The van der Waals surface area contributed by atoms with Crippen LogP contribution in [0.15, 0.2) is 41.5 Å². The Morgan fingerprint density at radius 1 is 1.37 bits per heavy atom. The van der Waals surface area contributed by atoms with Gasteiger partial charge in [0.2, 0.25) is 0 Å². The highest BCUT2D eigenvalue weighted by Gasteiger charge is 2.11. The Balaban J connectivity index is 1.97. The second kappa shape index (κ2) is 7.00. The van der Waals surface area contributed by atoms with Crippen molar-refractivity contribution < 1.29 is 9.15 Å². The Labute approximate surface area is 114 Å². The molecule has 0 radical (unpaired) electrons. The van der Waals surface area contributed by atoms with E-state index in [1.807, 2.05) is 12.1 Å². The Morgan fingerprint density at radius 2 is 2.21 bits per heavy atom. The summed E-state index contributed by atoms with van der Waals surface area (Å²) in [4.78, 5) is 0. The molecule has 2 aromatic rings. The van der Waals surface area contributed by atoms with Crippen LogP contribution >= 0.6 is 0 Å². The molecule has 2 rings (SSSR count). The summed E-state index contributed by atoms with van der Waals surface area (Å²) < 4.78 is 11.0. The summed E-state index contributed by atoms with van der Waals surface area (Å²) in [7, 11) is 0.